The van der Waals surface area contributed by atoms with Crippen LogP contribution in [-0.4, -0.2) is 18.8 Å². The first-order chi connectivity index (χ1) is 15.5. The predicted molar refractivity (Wildman–Crippen MR) is 123 cm³/mol. The molecule has 0 aliphatic rings. The summed E-state index contributed by atoms with van der Waals surface area (Å²) in [6, 6.07) is 5.95. The zero-order chi connectivity index (χ0) is 24.5. The third-order valence-electron chi connectivity index (χ3n) is 5.21. The fourth-order valence-corrected chi connectivity index (χ4v) is 4.29. The molecule has 33 heavy (non-hydrogen) atoms. The van der Waals surface area contributed by atoms with Gasteiger partial charge in [0.1, 0.15) is 5.58 Å². The molecule has 1 heterocycles. The summed E-state index contributed by atoms with van der Waals surface area (Å²) < 4.78 is 50.3. The SMILES string of the molecule is CCSc1oc2c([C@@H](C)Nc3ccc(C(F)(F)F)cc3C(=O)OC)cc(C)cc2c(=O)c1C. The third-order valence-corrected chi connectivity index (χ3v) is 6.15. The van der Waals surface area contributed by atoms with Crippen LogP contribution in [0.3, 0.4) is 0 Å². The second kappa shape index (κ2) is 9.51. The average molecular weight is 480 g/mol. The highest BCUT2D eigenvalue weighted by Crippen LogP contribution is 2.35. The van der Waals surface area contributed by atoms with E-state index < -0.39 is 23.8 Å². The standard InChI is InChI=1S/C24H24F3NO4S/c1-6-33-23-13(3)20(29)18-10-12(2)9-16(21(18)32-23)14(4)28-19-8-7-15(24(25,26)27)11-17(19)22(30)31-5/h7-11,14,28H,6H2,1-5H3/t14-/m1/s1. The summed E-state index contributed by atoms with van der Waals surface area (Å²) in [6.45, 7) is 7.29. The van der Waals surface area contributed by atoms with Crippen molar-refractivity contribution in [2.75, 3.05) is 18.2 Å². The molecule has 0 saturated heterocycles. The van der Waals surface area contributed by atoms with Gasteiger partial charge in [-0.15, -0.1) is 0 Å². The van der Waals surface area contributed by atoms with Crippen molar-refractivity contribution in [3.8, 4) is 0 Å². The van der Waals surface area contributed by atoms with E-state index in [2.05, 4.69) is 10.1 Å². The normalized spacial score (nSPS) is 12.6. The summed E-state index contributed by atoms with van der Waals surface area (Å²) in [6.07, 6.45) is -4.60. The molecule has 176 valence electrons. The van der Waals surface area contributed by atoms with E-state index in [0.717, 1.165) is 30.6 Å². The molecule has 0 spiro atoms. The zero-order valence-corrected chi connectivity index (χ0v) is 19.7. The Morgan fingerprint density at radius 3 is 2.52 bits per heavy atom. The predicted octanol–water partition coefficient (Wildman–Crippen LogP) is 6.50. The number of rotatable bonds is 6. The van der Waals surface area contributed by atoms with Crippen molar-refractivity contribution in [2.45, 2.75) is 45.0 Å². The highest BCUT2D eigenvalue weighted by Gasteiger charge is 2.32. The number of hydrogen-bond donors (Lipinski definition) is 1. The van der Waals surface area contributed by atoms with E-state index in [1.54, 1.807) is 19.9 Å². The van der Waals surface area contributed by atoms with Crippen molar-refractivity contribution in [1.82, 2.24) is 0 Å². The minimum Gasteiger partial charge on any atom is -0.465 e. The van der Waals surface area contributed by atoms with Crippen molar-refractivity contribution in [3.05, 3.63) is 68.4 Å². The number of benzene rings is 2. The molecule has 5 nitrogen and oxygen atoms in total. The van der Waals surface area contributed by atoms with Crippen LogP contribution in [-0.2, 0) is 10.9 Å². The van der Waals surface area contributed by atoms with Crippen molar-refractivity contribution in [1.29, 1.82) is 0 Å². The first-order valence-electron chi connectivity index (χ1n) is 10.2. The van der Waals surface area contributed by atoms with Gasteiger partial charge in [-0.05, 0) is 56.4 Å². The summed E-state index contributed by atoms with van der Waals surface area (Å²) in [7, 11) is 1.10. The van der Waals surface area contributed by atoms with Crippen LogP contribution in [0.15, 0.2) is 44.6 Å². The number of hydrogen-bond acceptors (Lipinski definition) is 6. The van der Waals surface area contributed by atoms with Crippen LogP contribution in [0.4, 0.5) is 18.9 Å². The number of nitrogens with one attached hydrogen (secondary N) is 1. The minimum absolute atomic E-state index is 0.130. The van der Waals surface area contributed by atoms with Crippen LogP contribution in [0.25, 0.3) is 11.0 Å². The number of fused-ring (bicyclic) bond motifs is 1. The number of carbonyl (C=O) groups excluding carboxylic acids is 1. The molecule has 1 N–H and O–H groups in total. The smallest absolute Gasteiger partial charge is 0.416 e. The fraction of sp³-hybridized carbons (Fsp3) is 0.333. The van der Waals surface area contributed by atoms with Gasteiger partial charge in [-0.25, -0.2) is 4.79 Å². The van der Waals surface area contributed by atoms with Gasteiger partial charge in [0.05, 0.1) is 29.7 Å². The first kappa shape index (κ1) is 24.7. The van der Waals surface area contributed by atoms with Gasteiger partial charge in [0, 0.05) is 16.8 Å². The Hall–Kier alpha value is -2.94. The van der Waals surface area contributed by atoms with Gasteiger partial charge in [0.15, 0.2) is 10.5 Å². The number of ether oxygens (including phenoxy) is 1. The molecular weight excluding hydrogens is 455 g/mol. The molecule has 0 radical (unpaired) electrons. The highest BCUT2D eigenvalue weighted by atomic mass is 32.2. The summed E-state index contributed by atoms with van der Waals surface area (Å²) in [5.74, 6) is -0.174. The molecule has 2 aromatic carbocycles. The van der Waals surface area contributed by atoms with Crippen molar-refractivity contribution in [2.24, 2.45) is 0 Å². The molecule has 0 unspecified atom stereocenters. The molecular formula is C24H24F3NO4S. The van der Waals surface area contributed by atoms with E-state index in [4.69, 9.17) is 4.42 Å². The average Bonchev–Trinajstić information content (AvgIpc) is 2.76. The number of aryl methyl sites for hydroxylation is 1. The van der Waals surface area contributed by atoms with Gasteiger partial charge in [-0.2, -0.15) is 13.2 Å². The van der Waals surface area contributed by atoms with Crippen LogP contribution < -0.4 is 10.7 Å². The Morgan fingerprint density at radius 2 is 1.91 bits per heavy atom. The Balaban J connectivity index is 2.13. The number of alkyl halides is 3. The van der Waals surface area contributed by atoms with E-state index >= 15 is 0 Å². The fourth-order valence-electron chi connectivity index (χ4n) is 3.57. The Kier molecular flexibility index (Phi) is 7.11. The number of thioether (sulfide) groups is 1. The molecule has 1 atom stereocenters. The molecule has 1 aromatic heterocycles. The zero-order valence-electron chi connectivity index (χ0n) is 18.8. The highest BCUT2D eigenvalue weighted by molar-refractivity contribution is 7.99. The van der Waals surface area contributed by atoms with Gasteiger partial charge in [0.25, 0.3) is 0 Å². The number of carbonyl (C=O) groups is 1. The molecule has 0 bridgehead atoms. The van der Waals surface area contributed by atoms with Gasteiger partial charge >= 0.3 is 12.1 Å². The number of anilines is 1. The second-order valence-electron chi connectivity index (χ2n) is 7.62. The molecule has 3 aromatic rings. The van der Waals surface area contributed by atoms with E-state index in [1.165, 1.54) is 17.8 Å². The van der Waals surface area contributed by atoms with E-state index in [1.807, 2.05) is 19.9 Å². The number of halogens is 3. The van der Waals surface area contributed by atoms with E-state index in [9.17, 15) is 22.8 Å². The lowest BCUT2D eigenvalue weighted by atomic mass is 10.00. The van der Waals surface area contributed by atoms with Crippen LogP contribution in [0.2, 0.25) is 0 Å². The summed E-state index contributed by atoms with van der Waals surface area (Å²) in [4.78, 5) is 25.2. The molecule has 0 fully saturated rings. The maximum Gasteiger partial charge on any atom is 0.416 e. The van der Waals surface area contributed by atoms with Crippen LogP contribution in [0.1, 0.15) is 52.5 Å². The van der Waals surface area contributed by atoms with Crippen molar-refractivity contribution >= 4 is 34.4 Å². The third kappa shape index (κ3) is 5.03. The minimum atomic E-state index is -4.60. The van der Waals surface area contributed by atoms with E-state index in [0.29, 0.717) is 27.2 Å². The van der Waals surface area contributed by atoms with Crippen LogP contribution in [0, 0.1) is 13.8 Å². The number of methoxy groups -OCH3 is 1. The lowest BCUT2D eigenvalue weighted by Gasteiger charge is -2.21. The summed E-state index contributed by atoms with van der Waals surface area (Å²) >= 11 is 1.42. The Morgan fingerprint density at radius 1 is 1.21 bits per heavy atom. The van der Waals surface area contributed by atoms with Crippen molar-refractivity contribution in [3.63, 3.8) is 0 Å². The molecule has 0 saturated carbocycles. The van der Waals surface area contributed by atoms with Gasteiger partial charge in [-0.1, -0.05) is 24.8 Å². The van der Waals surface area contributed by atoms with E-state index in [-0.39, 0.29) is 16.7 Å². The van der Waals surface area contributed by atoms with Crippen molar-refractivity contribution < 1.29 is 27.1 Å². The Bertz CT molecular complexity index is 1270. The Labute approximate surface area is 193 Å². The molecule has 0 aliphatic carbocycles. The monoisotopic (exact) mass is 479 g/mol. The summed E-state index contributed by atoms with van der Waals surface area (Å²) in [5.41, 5.74) is 1.26. The lowest BCUT2D eigenvalue weighted by Crippen LogP contribution is -2.15. The summed E-state index contributed by atoms with van der Waals surface area (Å²) in [5, 5.41) is 4.04. The maximum atomic E-state index is 13.2. The second-order valence-corrected chi connectivity index (χ2v) is 8.86. The largest absolute Gasteiger partial charge is 0.465 e. The van der Waals surface area contributed by atoms with Crippen LogP contribution >= 0.6 is 11.8 Å². The topological polar surface area (TPSA) is 68.5 Å². The number of esters is 1. The quantitative estimate of drug-likeness (QED) is 0.322. The van der Waals surface area contributed by atoms with Gasteiger partial charge in [0.2, 0.25) is 0 Å². The molecule has 9 heteroatoms. The lowest BCUT2D eigenvalue weighted by molar-refractivity contribution is -0.137. The molecule has 3 rings (SSSR count). The maximum absolute atomic E-state index is 13.2. The first-order valence-corrected chi connectivity index (χ1v) is 11.2. The van der Waals surface area contributed by atoms with Crippen LogP contribution in [0.5, 0.6) is 0 Å². The molecule has 0 aliphatic heterocycles. The van der Waals surface area contributed by atoms with Gasteiger partial charge in [-0.3, -0.25) is 4.79 Å². The van der Waals surface area contributed by atoms with Gasteiger partial charge < -0.3 is 14.5 Å². The molecule has 0 amide bonds.